The van der Waals surface area contributed by atoms with Gasteiger partial charge in [-0.25, -0.2) is 0 Å². The van der Waals surface area contributed by atoms with Gasteiger partial charge < -0.3 is 24.6 Å². The molecule has 27 heavy (non-hydrogen) atoms. The normalized spacial score (nSPS) is 26.6. The summed E-state index contributed by atoms with van der Waals surface area (Å²) < 4.78 is 5.60. The van der Waals surface area contributed by atoms with Crippen molar-refractivity contribution in [2.45, 2.75) is 44.1 Å². The quantitative estimate of drug-likeness (QED) is 0.806. The van der Waals surface area contributed by atoms with E-state index in [0.29, 0.717) is 19.7 Å². The Balaban J connectivity index is 1.54. The fourth-order valence-electron chi connectivity index (χ4n) is 4.55. The SMILES string of the molecule is O=C(c1cc2c([nH]c1=O)CCCC2)N1CCOCC(O)(CN2CCCC2)C1. The van der Waals surface area contributed by atoms with Crippen molar-refractivity contribution in [3.8, 4) is 0 Å². The van der Waals surface area contributed by atoms with Crippen LogP contribution in [-0.2, 0) is 17.6 Å². The van der Waals surface area contributed by atoms with Crippen molar-refractivity contribution in [2.24, 2.45) is 0 Å². The molecule has 2 fully saturated rings. The molecular weight excluding hydrogens is 346 g/mol. The second-order valence-corrected chi connectivity index (χ2v) is 8.21. The van der Waals surface area contributed by atoms with Crippen LogP contribution in [0.4, 0.5) is 0 Å². The van der Waals surface area contributed by atoms with Crippen LogP contribution in [0.25, 0.3) is 0 Å². The number of nitrogens with zero attached hydrogens (tertiary/aromatic N) is 2. The Kier molecular flexibility index (Phi) is 5.34. The van der Waals surface area contributed by atoms with Crippen molar-refractivity contribution in [3.05, 3.63) is 33.2 Å². The van der Waals surface area contributed by atoms with Crippen LogP contribution in [0.5, 0.6) is 0 Å². The third-order valence-electron chi connectivity index (χ3n) is 5.93. The molecule has 1 unspecified atom stereocenters. The zero-order chi connectivity index (χ0) is 18.9. The van der Waals surface area contributed by atoms with Gasteiger partial charge >= 0.3 is 0 Å². The maximum atomic E-state index is 13.1. The number of carbonyl (C=O) groups is 1. The van der Waals surface area contributed by atoms with Crippen LogP contribution in [0, 0.1) is 0 Å². The van der Waals surface area contributed by atoms with Gasteiger partial charge in [0.05, 0.1) is 19.8 Å². The highest BCUT2D eigenvalue weighted by atomic mass is 16.5. The molecule has 1 amide bonds. The molecule has 1 aliphatic carbocycles. The molecule has 1 aromatic rings. The van der Waals surface area contributed by atoms with Crippen molar-refractivity contribution in [3.63, 3.8) is 0 Å². The minimum absolute atomic E-state index is 0.182. The number of rotatable bonds is 3. The number of aromatic amines is 1. The molecule has 3 heterocycles. The molecule has 0 saturated carbocycles. The summed E-state index contributed by atoms with van der Waals surface area (Å²) in [6.45, 7) is 3.61. The molecule has 2 N–H and O–H groups in total. The molecule has 0 spiro atoms. The molecule has 0 bridgehead atoms. The van der Waals surface area contributed by atoms with E-state index in [1.165, 1.54) is 0 Å². The van der Waals surface area contributed by atoms with Crippen LogP contribution in [0.15, 0.2) is 10.9 Å². The number of fused-ring (bicyclic) bond motifs is 1. The molecule has 1 aromatic heterocycles. The highest BCUT2D eigenvalue weighted by Crippen LogP contribution is 2.21. The van der Waals surface area contributed by atoms with E-state index in [2.05, 4.69) is 9.88 Å². The topological polar surface area (TPSA) is 85.9 Å². The predicted octanol–water partition coefficient (Wildman–Crippen LogP) is 0.553. The molecule has 2 aliphatic heterocycles. The molecule has 1 atom stereocenters. The van der Waals surface area contributed by atoms with Gasteiger partial charge in [-0.05, 0) is 63.2 Å². The minimum atomic E-state index is -1.10. The van der Waals surface area contributed by atoms with Gasteiger partial charge in [-0.15, -0.1) is 0 Å². The largest absolute Gasteiger partial charge is 0.384 e. The average Bonchev–Trinajstić information content (AvgIpc) is 3.07. The molecule has 0 radical (unpaired) electrons. The van der Waals surface area contributed by atoms with Crippen LogP contribution in [0.2, 0.25) is 0 Å². The number of β-amino-alcohol motifs (C(OH)–C–C–N with tert-alkyl or cyclic N) is 1. The predicted molar refractivity (Wildman–Crippen MR) is 101 cm³/mol. The third-order valence-corrected chi connectivity index (χ3v) is 5.93. The van der Waals surface area contributed by atoms with Crippen LogP contribution in [0.1, 0.15) is 47.3 Å². The summed E-state index contributed by atoms with van der Waals surface area (Å²) in [4.78, 5) is 32.3. The van der Waals surface area contributed by atoms with E-state index in [4.69, 9.17) is 4.74 Å². The molecular formula is C20H29N3O4. The van der Waals surface area contributed by atoms with Gasteiger partial charge in [0, 0.05) is 18.8 Å². The number of carbonyl (C=O) groups excluding carboxylic acids is 1. The first-order valence-corrected chi connectivity index (χ1v) is 10.1. The number of hydrogen-bond donors (Lipinski definition) is 2. The molecule has 7 nitrogen and oxygen atoms in total. The van der Waals surface area contributed by atoms with E-state index in [9.17, 15) is 14.7 Å². The number of nitrogens with one attached hydrogen (secondary N) is 1. The lowest BCUT2D eigenvalue weighted by atomic mass is 9.94. The number of aromatic nitrogens is 1. The Hall–Kier alpha value is -1.70. The Morgan fingerprint density at radius 2 is 1.96 bits per heavy atom. The fourth-order valence-corrected chi connectivity index (χ4v) is 4.55. The highest BCUT2D eigenvalue weighted by Gasteiger charge is 2.37. The lowest BCUT2D eigenvalue weighted by Crippen LogP contribution is -2.53. The molecule has 7 heteroatoms. The second kappa shape index (κ2) is 7.73. The number of likely N-dealkylation sites (tertiary alicyclic amines) is 1. The first kappa shape index (κ1) is 18.7. The van der Waals surface area contributed by atoms with Gasteiger partial charge in [0.2, 0.25) is 0 Å². The Bertz CT molecular complexity index is 756. The number of amides is 1. The monoisotopic (exact) mass is 375 g/mol. The van der Waals surface area contributed by atoms with E-state index in [-0.39, 0.29) is 30.2 Å². The van der Waals surface area contributed by atoms with Gasteiger partial charge in [0.25, 0.3) is 11.5 Å². The number of aryl methyl sites for hydroxylation is 2. The van der Waals surface area contributed by atoms with E-state index >= 15 is 0 Å². The van der Waals surface area contributed by atoms with E-state index in [0.717, 1.165) is 62.9 Å². The lowest BCUT2D eigenvalue weighted by Gasteiger charge is -2.34. The number of aliphatic hydroxyl groups is 1. The van der Waals surface area contributed by atoms with Crippen LogP contribution in [-0.4, -0.2) is 77.3 Å². The van der Waals surface area contributed by atoms with Gasteiger partial charge in [-0.2, -0.15) is 0 Å². The van der Waals surface area contributed by atoms with Crippen LogP contribution in [0.3, 0.4) is 0 Å². The van der Waals surface area contributed by atoms with Gasteiger partial charge in [-0.3, -0.25) is 9.59 Å². The van der Waals surface area contributed by atoms with Crippen molar-refractivity contribution in [1.82, 2.24) is 14.8 Å². The molecule has 0 aromatic carbocycles. The standard InChI is InChI=1S/C20H29N3O4/c24-18-16(11-15-5-1-2-6-17(15)21-18)19(25)23-9-10-27-14-20(26,13-23)12-22-7-3-4-8-22/h11,26H,1-10,12-14H2,(H,21,24). The summed E-state index contributed by atoms with van der Waals surface area (Å²) in [6.07, 6.45) is 6.21. The summed E-state index contributed by atoms with van der Waals surface area (Å²) in [7, 11) is 0. The first-order chi connectivity index (χ1) is 13.0. The zero-order valence-corrected chi connectivity index (χ0v) is 15.8. The van der Waals surface area contributed by atoms with Crippen molar-refractivity contribution in [1.29, 1.82) is 0 Å². The molecule has 2 saturated heterocycles. The van der Waals surface area contributed by atoms with Crippen LogP contribution < -0.4 is 5.56 Å². The summed E-state index contributed by atoms with van der Waals surface area (Å²) in [5.41, 5.74) is 0.794. The van der Waals surface area contributed by atoms with Crippen LogP contribution >= 0.6 is 0 Å². The second-order valence-electron chi connectivity index (χ2n) is 8.21. The summed E-state index contributed by atoms with van der Waals surface area (Å²) >= 11 is 0. The van der Waals surface area contributed by atoms with Crippen molar-refractivity contribution < 1.29 is 14.6 Å². The number of ether oxygens (including phenoxy) is 1. The first-order valence-electron chi connectivity index (χ1n) is 10.1. The van der Waals surface area contributed by atoms with Gasteiger partial charge in [0.15, 0.2) is 0 Å². The minimum Gasteiger partial charge on any atom is -0.384 e. The number of H-pyrrole nitrogens is 1. The smallest absolute Gasteiger partial charge is 0.261 e. The fraction of sp³-hybridized carbons (Fsp3) is 0.700. The maximum absolute atomic E-state index is 13.1. The third kappa shape index (κ3) is 4.10. The highest BCUT2D eigenvalue weighted by molar-refractivity contribution is 5.94. The Labute approximate surface area is 159 Å². The van der Waals surface area contributed by atoms with Crippen molar-refractivity contribution in [2.75, 3.05) is 45.9 Å². The molecule has 148 valence electrons. The summed E-state index contributed by atoms with van der Waals surface area (Å²) in [5, 5.41) is 11.1. The van der Waals surface area contributed by atoms with E-state index in [1.807, 2.05) is 0 Å². The average molecular weight is 375 g/mol. The molecule has 3 aliphatic rings. The summed E-state index contributed by atoms with van der Waals surface area (Å²) in [5.74, 6) is -0.310. The lowest BCUT2D eigenvalue weighted by molar-refractivity contribution is -0.0524. The Morgan fingerprint density at radius 1 is 1.19 bits per heavy atom. The number of hydrogen-bond acceptors (Lipinski definition) is 5. The van der Waals surface area contributed by atoms with E-state index in [1.54, 1.807) is 11.0 Å². The zero-order valence-electron chi connectivity index (χ0n) is 15.8. The molecule has 4 rings (SSSR count). The summed E-state index contributed by atoms with van der Waals surface area (Å²) in [6, 6.07) is 1.76. The van der Waals surface area contributed by atoms with Gasteiger partial charge in [0.1, 0.15) is 11.2 Å². The van der Waals surface area contributed by atoms with Gasteiger partial charge in [-0.1, -0.05) is 0 Å². The maximum Gasteiger partial charge on any atom is 0.261 e. The number of pyridine rings is 1. The van der Waals surface area contributed by atoms with E-state index < -0.39 is 5.60 Å². The Morgan fingerprint density at radius 3 is 2.78 bits per heavy atom. The van der Waals surface area contributed by atoms with Crippen molar-refractivity contribution >= 4 is 5.91 Å².